The SMILES string of the molecule is COC(=O)CNC(=O)CNC(=O)c1cc2ccccn2n1. The molecule has 0 spiro atoms. The Labute approximate surface area is 120 Å². The van der Waals surface area contributed by atoms with Crippen LogP contribution in [0.3, 0.4) is 0 Å². The third-order valence-electron chi connectivity index (χ3n) is 2.67. The molecule has 8 heteroatoms. The normalized spacial score (nSPS) is 10.1. The summed E-state index contributed by atoms with van der Waals surface area (Å²) in [5.41, 5.74) is 0.986. The molecule has 0 aliphatic rings. The second kappa shape index (κ2) is 6.51. The summed E-state index contributed by atoms with van der Waals surface area (Å²) < 4.78 is 5.94. The van der Waals surface area contributed by atoms with Crippen molar-refractivity contribution in [1.82, 2.24) is 20.2 Å². The maximum atomic E-state index is 11.9. The van der Waals surface area contributed by atoms with E-state index in [0.717, 1.165) is 5.52 Å². The van der Waals surface area contributed by atoms with Crippen LogP contribution in [0.2, 0.25) is 0 Å². The molecular weight excluding hydrogens is 276 g/mol. The van der Waals surface area contributed by atoms with Crippen molar-refractivity contribution in [3.8, 4) is 0 Å². The molecule has 21 heavy (non-hydrogen) atoms. The molecule has 2 aromatic rings. The Hall–Kier alpha value is -2.90. The van der Waals surface area contributed by atoms with Crippen LogP contribution in [-0.2, 0) is 14.3 Å². The fourth-order valence-corrected chi connectivity index (χ4v) is 1.61. The predicted octanol–water partition coefficient (Wildman–Crippen LogP) is -0.647. The number of carbonyl (C=O) groups is 3. The van der Waals surface area contributed by atoms with Gasteiger partial charge in [-0.3, -0.25) is 14.4 Å². The number of carbonyl (C=O) groups excluding carboxylic acids is 3. The van der Waals surface area contributed by atoms with Gasteiger partial charge in [0.25, 0.3) is 5.91 Å². The van der Waals surface area contributed by atoms with Crippen LogP contribution in [0, 0.1) is 0 Å². The van der Waals surface area contributed by atoms with Crippen LogP contribution < -0.4 is 10.6 Å². The minimum absolute atomic E-state index is 0.210. The predicted molar refractivity (Wildman–Crippen MR) is 72.6 cm³/mol. The van der Waals surface area contributed by atoms with Crippen molar-refractivity contribution in [2.24, 2.45) is 0 Å². The topological polar surface area (TPSA) is 102 Å². The number of nitrogens with one attached hydrogen (secondary N) is 2. The van der Waals surface area contributed by atoms with Crippen molar-refractivity contribution < 1.29 is 19.1 Å². The van der Waals surface area contributed by atoms with Crippen LogP contribution in [0.5, 0.6) is 0 Å². The molecule has 0 aliphatic heterocycles. The Morgan fingerprint density at radius 3 is 2.76 bits per heavy atom. The molecule has 110 valence electrons. The summed E-state index contributed by atoms with van der Waals surface area (Å²) in [6, 6.07) is 7.05. The Kier molecular flexibility index (Phi) is 4.50. The average molecular weight is 290 g/mol. The van der Waals surface area contributed by atoms with Gasteiger partial charge in [-0.05, 0) is 18.2 Å². The Morgan fingerprint density at radius 1 is 1.24 bits per heavy atom. The van der Waals surface area contributed by atoms with Crippen molar-refractivity contribution in [2.45, 2.75) is 0 Å². The highest BCUT2D eigenvalue weighted by Crippen LogP contribution is 2.05. The summed E-state index contributed by atoms with van der Waals surface area (Å²) in [5, 5.41) is 8.81. The molecule has 0 saturated carbocycles. The summed E-state index contributed by atoms with van der Waals surface area (Å²) >= 11 is 0. The van der Waals surface area contributed by atoms with Crippen LogP contribution in [-0.4, -0.2) is 47.6 Å². The third kappa shape index (κ3) is 3.78. The van der Waals surface area contributed by atoms with Crippen LogP contribution in [0.4, 0.5) is 0 Å². The van der Waals surface area contributed by atoms with Crippen molar-refractivity contribution in [1.29, 1.82) is 0 Å². The maximum Gasteiger partial charge on any atom is 0.325 e. The lowest BCUT2D eigenvalue weighted by molar-refractivity contribution is -0.141. The average Bonchev–Trinajstić information content (AvgIpc) is 2.94. The lowest BCUT2D eigenvalue weighted by Crippen LogP contribution is -2.39. The maximum absolute atomic E-state index is 11.9. The molecule has 2 heterocycles. The number of amides is 2. The molecule has 0 atom stereocenters. The van der Waals surface area contributed by atoms with Gasteiger partial charge in [0.1, 0.15) is 6.54 Å². The van der Waals surface area contributed by atoms with E-state index in [-0.39, 0.29) is 18.8 Å². The van der Waals surface area contributed by atoms with Gasteiger partial charge in [-0.1, -0.05) is 6.07 Å². The lowest BCUT2D eigenvalue weighted by Gasteiger charge is -2.04. The summed E-state index contributed by atoms with van der Waals surface area (Å²) in [7, 11) is 1.22. The molecule has 0 bridgehead atoms. The number of hydrogen-bond donors (Lipinski definition) is 2. The Morgan fingerprint density at radius 2 is 2.05 bits per heavy atom. The fourth-order valence-electron chi connectivity index (χ4n) is 1.61. The van der Waals surface area contributed by atoms with Gasteiger partial charge in [0, 0.05) is 6.20 Å². The largest absolute Gasteiger partial charge is 0.468 e. The van der Waals surface area contributed by atoms with Gasteiger partial charge >= 0.3 is 5.97 Å². The molecule has 0 radical (unpaired) electrons. The number of hydrogen-bond acceptors (Lipinski definition) is 5. The monoisotopic (exact) mass is 290 g/mol. The molecule has 2 rings (SSSR count). The highest BCUT2D eigenvalue weighted by Gasteiger charge is 2.12. The van der Waals surface area contributed by atoms with Gasteiger partial charge in [0.2, 0.25) is 5.91 Å². The van der Waals surface area contributed by atoms with Crippen LogP contribution in [0.25, 0.3) is 5.52 Å². The molecular formula is C13H14N4O4. The molecule has 2 amide bonds. The number of aromatic nitrogens is 2. The first-order valence-corrected chi connectivity index (χ1v) is 6.16. The van der Waals surface area contributed by atoms with Crippen LogP contribution in [0.15, 0.2) is 30.5 Å². The number of rotatable bonds is 5. The Balaban J connectivity index is 1.87. The van der Waals surface area contributed by atoms with E-state index < -0.39 is 17.8 Å². The van der Waals surface area contributed by atoms with Crippen molar-refractivity contribution in [3.63, 3.8) is 0 Å². The standard InChI is InChI=1S/C13H14N4O4/c1-21-12(19)8-14-11(18)7-15-13(20)10-6-9-4-2-3-5-17(9)16-10/h2-6H,7-8H2,1H3,(H,14,18)(H,15,20). The summed E-state index contributed by atoms with van der Waals surface area (Å²) in [6.07, 6.45) is 1.72. The van der Waals surface area contributed by atoms with Crippen LogP contribution >= 0.6 is 0 Å². The molecule has 0 aliphatic carbocycles. The number of methoxy groups -OCH3 is 1. The summed E-state index contributed by atoms with van der Waals surface area (Å²) in [6.45, 7) is -0.483. The van der Waals surface area contributed by atoms with Gasteiger partial charge < -0.3 is 15.4 Å². The van der Waals surface area contributed by atoms with Crippen molar-refractivity contribution >= 4 is 23.3 Å². The van der Waals surface area contributed by atoms with E-state index in [0.29, 0.717) is 0 Å². The highest BCUT2D eigenvalue weighted by atomic mass is 16.5. The second-order valence-electron chi connectivity index (χ2n) is 4.14. The van der Waals surface area contributed by atoms with Gasteiger partial charge in [0.15, 0.2) is 5.69 Å². The van der Waals surface area contributed by atoms with Gasteiger partial charge in [-0.25, -0.2) is 4.52 Å². The number of fused-ring (bicyclic) bond motifs is 1. The van der Waals surface area contributed by atoms with E-state index in [2.05, 4.69) is 20.5 Å². The minimum Gasteiger partial charge on any atom is -0.468 e. The van der Waals surface area contributed by atoms with Crippen molar-refractivity contribution in [3.05, 3.63) is 36.2 Å². The van der Waals surface area contributed by atoms with E-state index >= 15 is 0 Å². The molecule has 0 aromatic carbocycles. The van der Waals surface area contributed by atoms with E-state index in [1.54, 1.807) is 22.8 Å². The quantitative estimate of drug-likeness (QED) is 0.713. The van der Waals surface area contributed by atoms with Gasteiger partial charge in [-0.15, -0.1) is 0 Å². The zero-order chi connectivity index (χ0) is 15.2. The first-order chi connectivity index (χ1) is 10.1. The highest BCUT2D eigenvalue weighted by molar-refractivity contribution is 5.96. The molecule has 2 N–H and O–H groups in total. The first-order valence-electron chi connectivity index (χ1n) is 6.16. The van der Waals surface area contributed by atoms with Crippen LogP contribution in [0.1, 0.15) is 10.5 Å². The summed E-state index contributed by atoms with van der Waals surface area (Å²) in [5.74, 6) is -1.51. The molecule has 0 unspecified atom stereocenters. The zero-order valence-electron chi connectivity index (χ0n) is 11.3. The van der Waals surface area contributed by atoms with E-state index in [1.807, 2.05) is 12.1 Å². The number of esters is 1. The number of pyridine rings is 1. The minimum atomic E-state index is -0.560. The van der Waals surface area contributed by atoms with Gasteiger partial charge in [0.05, 0.1) is 19.2 Å². The summed E-state index contributed by atoms with van der Waals surface area (Å²) in [4.78, 5) is 34.1. The van der Waals surface area contributed by atoms with Gasteiger partial charge in [-0.2, -0.15) is 5.10 Å². The fraction of sp³-hybridized carbons (Fsp3) is 0.231. The third-order valence-corrected chi connectivity index (χ3v) is 2.67. The number of ether oxygens (including phenoxy) is 1. The van der Waals surface area contributed by atoms with E-state index in [4.69, 9.17) is 0 Å². The molecule has 2 aromatic heterocycles. The second-order valence-corrected chi connectivity index (χ2v) is 4.14. The molecule has 0 fully saturated rings. The first kappa shape index (κ1) is 14.5. The number of nitrogens with zero attached hydrogens (tertiary/aromatic N) is 2. The lowest BCUT2D eigenvalue weighted by atomic mass is 10.3. The zero-order valence-corrected chi connectivity index (χ0v) is 11.3. The smallest absolute Gasteiger partial charge is 0.325 e. The molecule has 0 saturated heterocycles. The van der Waals surface area contributed by atoms with E-state index in [1.165, 1.54) is 7.11 Å². The van der Waals surface area contributed by atoms with E-state index in [9.17, 15) is 14.4 Å². The van der Waals surface area contributed by atoms with Crippen molar-refractivity contribution in [2.75, 3.05) is 20.2 Å². The molecule has 8 nitrogen and oxygen atoms in total. The Bertz CT molecular complexity index is 647.